The Morgan fingerprint density at radius 3 is 2.26 bits per heavy atom. The normalized spacial score (nSPS) is 12.6. The van der Waals surface area contributed by atoms with E-state index in [4.69, 9.17) is 0 Å². The minimum atomic E-state index is -0.342. The molecule has 1 amide bonds. The molecule has 0 fully saturated rings. The Bertz CT molecular complexity index is 466. The van der Waals surface area contributed by atoms with Gasteiger partial charge in [-0.05, 0) is 49.4 Å². The third kappa shape index (κ3) is 3.16. The Morgan fingerprint density at radius 2 is 1.79 bits per heavy atom. The van der Waals surface area contributed by atoms with Crippen molar-refractivity contribution >= 4 is 11.6 Å². The molecule has 1 aromatic carbocycles. The van der Waals surface area contributed by atoms with Crippen LogP contribution in [0.1, 0.15) is 30.5 Å². The number of hydrogen-bond acceptors (Lipinski definition) is 2. The maximum Gasteiger partial charge on any atom is 0.232 e. The van der Waals surface area contributed by atoms with Gasteiger partial charge in [0.05, 0.1) is 12.5 Å². The molecular formula is C16H25NO2. The second kappa shape index (κ2) is 6.20. The number of amides is 1. The van der Waals surface area contributed by atoms with Gasteiger partial charge in [0.15, 0.2) is 0 Å². The summed E-state index contributed by atoms with van der Waals surface area (Å²) in [5, 5.41) is 9.38. The van der Waals surface area contributed by atoms with Crippen molar-refractivity contribution in [3.63, 3.8) is 0 Å². The van der Waals surface area contributed by atoms with Crippen molar-refractivity contribution in [3.8, 4) is 0 Å². The third-order valence-electron chi connectivity index (χ3n) is 4.04. The predicted octanol–water partition coefficient (Wildman–Crippen LogP) is 2.84. The number of anilines is 1. The molecule has 1 rings (SSSR count). The molecule has 0 saturated heterocycles. The highest BCUT2D eigenvalue weighted by Crippen LogP contribution is 2.26. The van der Waals surface area contributed by atoms with Gasteiger partial charge < -0.3 is 10.0 Å². The fraction of sp³-hybridized carbons (Fsp3) is 0.562. The van der Waals surface area contributed by atoms with Crippen LogP contribution in [0.25, 0.3) is 0 Å². The molecule has 0 spiro atoms. The molecule has 0 bridgehead atoms. The minimum Gasteiger partial charge on any atom is -0.396 e. The molecule has 1 unspecified atom stereocenters. The van der Waals surface area contributed by atoms with Crippen molar-refractivity contribution in [1.82, 2.24) is 0 Å². The van der Waals surface area contributed by atoms with Gasteiger partial charge in [-0.15, -0.1) is 0 Å². The van der Waals surface area contributed by atoms with Crippen LogP contribution in [0.4, 0.5) is 5.69 Å². The van der Waals surface area contributed by atoms with E-state index in [2.05, 4.69) is 13.8 Å². The van der Waals surface area contributed by atoms with Crippen LogP contribution in [0.15, 0.2) is 12.1 Å². The van der Waals surface area contributed by atoms with Crippen molar-refractivity contribution < 1.29 is 9.90 Å². The summed E-state index contributed by atoms with van der Waals surface area (Å²) >= 11 is 0. The number of hydrogen-bond donors (Lipinski definition) is 1. The van der Waals surface area contributed by atoms with Crippen molar-refractivity contribution in [2.24, 2.45) is 11.8 Å². The topological polar surface area (TPSA) is 40.5 Å². The second-order valence-electron chi connectivity index (χ2n) is 5.58. The maximum atomic E-state index is 12.4. The summed E-state index contributed by atoms with van der Waals surface area (Å²) in [6.07, 6.45) is 0. The molecule has 0 aliphatic heterocycles. The molecule has 0 radical (unpaired) electrons. The second-order valence-corrected chi connectivity index (χ2v) is 5.58. The van der Waals surface area contributed by atoms with Gasteiger partial charge in [-0.1, -0.05) is 19.9 Å². The molecule has 0 aliphatic rings. The smallest absolute Gasteiger partial charge is 0.232 e. The highest BCUT2D eigenvalue weighted by atomic mass is 16.3. The first-order valence-electron chi connectivity index (χ1n) is 6.76. The highest BCUT2D eigenvalue weighted by Gasteiger charge is 2.26. The molecule has 106 valence electrons. The van der Waals surface area contributed by atoms with Crippen molar-refractivity contribution in [3.05, 3.63) is 28.8 Å². The number of nitrogens with zero attached hydrogens (tertiary/aromatic N) is 1. The summed E-state index contributed by atoms with van der Waals surface area (Å²) in [4.78, 5) is 14.1. The van der Waals surface area contributed by atoms with E-state index in [0.717, 1.165) is 11.3 Å². The van der Waals surface area contributed by atoms with Gasteiger partial charge >= 0.3 is 0 Å². The molecule has 0 aromatic heterocycles. The van der Waals surface area contributed by atoms with Crippen LogP contribution in [0.3, 0.4) is 0 Å². The number of benzene rings is 1. The Balaban J connectivity index is 3.10. The fourth-order valence-electron chi connectivity index (χ4n) is 2.25. The van der Waals surface area contributed by atoms with E-state index in [1.807, 2.05) is 32.9 Å². The average Bonchev–Trinajstić information content (AvgIpc) is 2.35. The Labute approximate surface area is 116 Å². The van der Waals surface area contributed by atoms with E-state index < -0.39 is 0 Å². The molecule has 0 aliphatic carbocycles. The molecule has 0 saturated carbocycles. The van der Waals surface area contributed by atoms with Crippen LogP contribution in [-0.2, 0) is 4.79 Å². The van der Waals surface area contributed by atoms with Gasteiger partial charge in [-0.2, -0.15) is 0 Å². The quantitative estimate of drug-likeness (QED) is 0.907. The lowest BCUT2D eigenvalue weighted by Crippen LogP contribution is -2.37. The molecule has 0 heterocycles. The van der Waals surface area contributed by atoms with E-state index in [9.17, 15) is 9.90 Å². The third-order valence-corrected chi connectivity index (χ3v) is 4.04. The number of carbonyl (C=O) groups is 1. The van der Waals surface area contributed by atoms with E-state index in [0.29, 0.717) is 0 Å². The van der Waals surface area contributed by atoms with Crippen LogP contribution < -0.4 is 4.90 Å². The van der Waals surface area contributed by atoms with Crippen LogP contribution in [0.5, 0.6) is 0 Å². The maximum absolute atomic E-state index is 12.4. The lowest BCUT2D eigenvalue weighted by Gasteiger charge is -2.27. The first-order valence-corrected chi connectivity index (χ1v) is 6.76. The summed E-state index contributed by atoms with van der Waals surface area (Å²) in [7, 11) is 1.78. The van der Waals surface area contributed by atoms with E-state index in [1.165, 1.54) is 11.1 Å². The van der Waals surface area contributed by atoms with Crippen LogP contribution in [0.2, 0.25) is 0 Å². The number of rotatable bonds is 4. The van der Waals surface area contributed by atoms with Gasteiger partial charge in [0.1, 0.15) is 0 Å². The predicted molar refractivity (Wildman–Crippen MR) is 79.5 cm³/mol. The zero-order valence-electron chi connectivity index (χ0n) is 12.8. The number of aryl methyl sites for hydroxylation is 1. The van der Waals surface area contributed by atoms with Gasteiger partial charge in [-0.25, -0.2) is 0 Å². The van der Waals surface area contributed by atoms with E-state index in [-0.39, 0.29) is 24.3 Å². The number of aliphatic hydroxyl groups excluding tert-OH is 1. The summed E-state index contributed by atoms with van der Waals surface area (Å²) in [6, 6.07) is 4.01. The summed E-state index contributed by atoms with van der Waals surface area (Å²) in [5.41, 5.74) is 4.48. The lowest BCUT2D eigenvalue weighted by molar-refractivity contribution is -0.124. The van der Waals surface area contributed by atoms with Crippen LogP contribution >= 0.6 is 0 Å². The summed E-state index contributed by atoms with van der Waals surface area (Å²) < 4.78 is 0. The van der Waals surface area contributed by atoms with Crippen LogP contribution in [0, 0.1) is 32.6 Å². The Morgan fingerprint density at radius 1 is 1.21 bits per heavy atom. The van der Waals surface area contributed by atoms with Gasteiger partial charge in [0, 0.05) is 12.7 Å². The monoisotopic (exact) mass is 263 g/mol. The molecule has 3 nitrogen and oxygen atoms in total. The van der Waals surface area contributed by atoms with Crippen LogP contribution in [-0.4, -0.2) is 24.7 Å². The standard InChI is InChI=1S/C16H25NO2/c1-10(2)14(9-18)16(19)17(6)15-8-7-11(3)12(4)13(15)5/h7-8,10,14,18H,9H2,1-6H3. The van der Waals surface area contributed by atoms with Gasteiger partial charge in [0.2, 0.25) is 5.91 Å². The summed E-state index contributed by atoms with van der Waals surface area (Å²) in [6.45, 7) is 9.98. The Hall–Kier alpha value is -1.35. The minimum absolute atomic E-state index is 0.0242. The number of aliphatic hydroxyl groups is 1. The molecule has 3 heteroatoms. The fourth-order valence-corrected chi connectivity index (χ4v) is 2.25. The van der Waals surface area contributed by atoms with Crippen molar-refractivity contribution in [2.45, 2.75) is 34.6 Å². The van der Waals surface area contributed by atoms with Crippen molar-refractivity contribution in [1.29, 1.82) is 0 Å². The zero-order chi connectivity index (χ0) is 14.7. The largest absolute Gasteiger partial charge is 0.396 e. The molecule has 1 N–H and O–H groups in total. The summed E-state index contributed by atoms with van der Waals surface area (Å²) in [5.74, 6) is -0.235. The first-order chi connectivity index (χ1) is 8.81. The Kier molecular flexibility index (Phi) is 5.12. The molecule has 1 aromatic rings. The van der Waals surface area contributed by atoms with E-state index in [1.54, 1.807) is 11.9 Å². The molecule has 1 atom stereocenters. The lowest BCUT2D eigenvalue weighted by atomic mass is 9.94. The number of carbonyl (C=O) groups excluding carboxylic acids is 1. The van der Waals surface area contributed by atoms with Crippen molar-refractivity contribution in [2.75, 3.05) is 18.6 Å². The molecular weight excluding hydrogens is 238 g/mol. The SMILES string of the molecule is Cc1ccc(N(C)C(=O)C(CO)C(C)C)c(C)c1C. The average molecular weight is 263 g/mol. The van der Waals surface area contributed by atoms with Gasteiger partial charge in [0.25, 0.3) is 0 Å². The highest BCUT2D eigenvalue weighted by molar-refractivity contribution is 5.95. The first kappa shape index (κ1) is 15.7. The molecule has 19 heavy (non-hydrogen) atoms. The van der Waals surface area contributed by atoms with E-state index >= 15 is 0 Å². The van der Waals surface area contributed by atoms with Gasteiger partial charge in [-0.3, -0.25) is 4.79 Å². The zero-order valence-corrected chi connectivity index (χ0v) is 12.8.